The van der Waals surface area contributed by atoms with Gasteiger partial charge in [-0.1, -0.05) is 0 Å². The number of carboxylic acid groups (broad SMARTS) is 1. The molecule has 0 spiro atoms. The zero-order valence-corrected chi connectivity index (χ0v) is 6.86. The largest absolute Gasteiger partial charge is 0.479 e. The molecule has 0 fully saturated rings. The topological polar surface area (TPSA) is 70.4 Å². The number of aliphatic hydroxyl groups is 1. The lowest BCUT2D eigenvalue weighted by atomic mass is 9.98. The van der Waals surface area contributed by atoms with E-state index in [-0.39, 0.29) is 5.56 Å². The van der Waals surface area contributed by atoms with Gasteiger partial charge in [0.2, 0.25) is 0 Å². The average Bonchev–Trinajstić information content (AvgIpc) is 2.04. The second-order valence-corrected chi connectivity index (χ2v) is 2.77. The first-order valence-corrected chi connectivity index (χ1v) is 3.51. The molecule has 5 heteroatoms. The van der Waals surface area contributed by atoms with Crippen molar-refractivity contribution in [1.82, 2.24) is 4.98 Å². The molecule has 70 valence electrons. The maximum absolute atomic E-state index is 12.6. The lowest BCUT2D eigenvalue weighted by Crippen LogP contribution is -2.32. The van der Waals surface area contributed by atoms with Crippen LogP contribution in [-0.4, -0.2) is 21.2 Å². The van der Waals surface area contributed by atoms with Crippen molar-refractivity contribution in [3.8, 4) is 0 Å². The Kier molecular flexibility index (Phi) is 2.29. The third kappa shape index (κ3) is 1.81. The molecule has 0 amide bonds. The molecule has 1 rings (SSSR count). The quantitative estimate of drug-likeness (QED) is 0.704. The van der Waals surface area contributed by atoms with Crippen LogP contribution in [0.2, 0.25) is 0 Å². The summed E-state index contributed by atoms with van der Waals surface area (Å²) in [5, 5.41) is 18.0. The summed E-state index contributed by atoms with van der Waals surface area (Å²) in [7, 11) is 0. The number of hydrogen-bond donors (Lipinski definition) is 2. The second kappa shape index (κ2) is 3.10. The van der Waals surface area contributed by atoms with E-state index in [0.717, 1.165) is 25.4 Å². The van der Waals surface area contributed by atoms with Gasteiger partial charge in [-0.15, -0.1) is 0 Å². The Balaban J connectivity index is 3.14. The van der Waals surface area contributed by atoms with E-state index in [2.05, 4.69) is 4.98 Å². The molecule has 0 radical (unpaired) electrons. The summed E-state index contributed by atoms with van der Waals surface area (Å²) in [4.78, 5) is 14.0. The Hall–Kier alpha value is -1.49. The lowest BCUT2D eigenvalue weighted by molar-refractivity contribution is -0.157. The van der Waals surface area contributed by atoms with Gasteiger partial charge in [-0.3, -0.25) is 4.98 Å². The Morgan fingerprint density at radius 2 is 2.23 bits per heavy atom. The van der Waals surface area contributed by atoms with Crippen LogP contribution in [0.15, 0.2) is 18.5 Å². The van der Waals surface area contributed by atoms with E-state index in [1.54, 1.807) is 0 Å². The molecule has 2 N–H and O–H groups in total. The minimum absolute atomic E-state index is 0.0833. The molecule has 13 heavy (non-hydrogen) atoms. The van der Waals surface area contributed by atoms with Crippen LogP contribution < -0.4 is 0 Å². The molecule has 0 saturated carbocycles. The first-order valence-electron chi connectivity index (χ1n) is 3.51. The van der Waals surface area contributed by atoms with Crippen LogP contribution in [0.1, 0.15) is 12.5 Å². The van der Waals surface area contributed by atoms with Gasteiger partial charge in [0, 0.05) is 11.8 Å². The van der Waals surface area contributed by atoms with Gasteiger partial charge >= 0.3 is 5.97 Å². The van der Waals surface area contributed by atoms with Crippen molar-refractivity contribution in [2.75, 3.05) is 0 Å². The highest BCUT2D eigenvalue weighted by molar-refractivity contribution is 5.78. The molecule has 1 aromatic heterocycles. The second-order valence-electron chi connectivity index (χ2n) is 2.77. The van der Waals surface area contributed by atoms with Crippen molar-refractivity contribution >= 4 is 5.97 Å². The molecule has 1 aromatic rings. The van der Waals surface area contributed by atoms with Crippen LogP contribution in [-0.2, 0) is 10.4 Å². The first-order chi connectivity index (χ1) is 5.94. The maximum atomic E-state index is 12.6. The summed E-state index contributed by atoms with van der Waals surface area (Å²) < 4.78 is 12.6. The van der Waals surface area contributed by atoms with Crippen molar-refractivity contribution in [3.05, 3.63) is 29.8 Å². The molecule has 0 aliphatic carbocycles. The monoisotopic (exact) mass is 185 g/mol. The third-order valence-electron chi connectivity index (χ3n) is 1.68. The van der Waals surface area contributed by atoms with E-state index in [4.69, 9.17) is 5.11 Å². The number of halogens is 1. The zero-order chi connectivity index (χ0) is 10.1. The highest BCUT2D eigenvalue weighted by Gasteiger charge is 2.32. The fourth-order valence-corrected chi connectivity index (χ4v) is 0.802. The summed E-state index contributed by atoms with van der Waals surface area (Å²) in [6.07, 6.45) is 2.04. The van der Waals surface area contributed by atoms with E-state index in [9.17, 15) is 14.3 Å². The molecule has 0 saturated heterocycles. The fourth-order valence-electron chi connectivity index (χ4n) is 0.802. The number of nitrogens with zero attached hydrogens (tertiary/aromatic N) is 1. The van der Waals surface area contributed by atoms with Gasteiger partial charge in [-0.05, 0) is 13.0 Å². The molecule has 0 bridgehead atoms. The summed E-state index contributed by atoms with van der Waals surface area (Å²) in [6, 6.07) is 0.932. The van der Waals surface area contributed by atoms with Gasteiger partial charge in [0.05, 0.1) is 6.20 Å². The highest BCUT2D eigenvalue weighted by atomic mass is 19.1. The fraction of sp³-hybridized carbons (Fsp3) is 0.250. The molecular weight excluding hydrogens is 177 g/mol. The van der Waals surface area contributed by atoms with Crippen LogP contribution in [0.25, 0.3) is 0 Å². The van der Waals surface area contributed by atoms with Crippen LogP contribution in [0.3, 0.4) is 0 Å². The Labute approximate surface area is 73.7 Å². The van der Waals surface area contributed by atoms with Gasteiger partial charge in [-0.25, -0.2) is 9.18 Å². The van der Waals surface area contributed by atoms with E-state index in [1.165, 1.54) is 0 Å². The maximum Gasteiger partial charge on any atom is 0.340 e. The number of carboxylic acids is 1. The molecule has 0 aromatic carbocycles. The number of hydrogen-bond acceptors (Lipinski definition) is 3. The molecule has 0 aliphatic rings. The van der Waals surface area contributed by atoms with Crippen LogP contribution in [0.4, 0.5) is 4.39 Å². The van der Waals surface area contributed by atoms with Crippen molar-refractivity contribution in [1.29, 1.82) is 0 Å². The van der Waals surface area contributed by atoms with Crippen molar-refractivity contribution in [2.45, 2.75) is 12.5 Å². The summed E-state index contributed by atoms with van der Waals surface area (Å²) >= 11 is 0. The highest BCUT2D eigenvalue weighted by Crippen LogP contribution is 2.20. The predicted octanol–water partition coefficient (Wildman–Crippen LogP) is 0.513. The van der Waals surface area contributed by atoms with Gasteiger partial charge in [0.1, 0.15) is 5.82 Å². The molecule has 1 heterocycles. The van der Waals surface area contributed by atoms with Gasteiger partial charge in [0.15, 0.2) is 5.60 Å². The summed E-state index contributed by atoms with van der Waals surface area (Å²) in [5.74, 6) is -2.13. The number of carbonyl (C=O) groups is 1. The lowest BCUT2D eigenvalue weighted by Gasteiger charge is -2.17. The SMILES string of the molecule is CC(O)(C(=O)O)c1cncc(F)c1. The Morgan fingerprint density at radius 3 is 2.69 bits per heavy atom. The Bertz CT molecular complexity index is 338. The standard InChI is InChI=1S/C8H8FNO3/c1-8(13,7(11)12)5-2-6(9)4-10-3-5/h2-4,13H,1H3,(H,11,12). The van der Waals surface area contributed by atoms with E-state index < -0.39 is 17.4 Å². The smallest absolute Gasteiger partial charge is 0.340 e. The van der Waals surface area contributed by atoms with Crippen molar-refractivity contribution in [2.24, 2.45) is 0 Å². The number of pyridine rings is 1. The minimum atomic E-state index is -2.10. The van der Waals surface area contributed by atoms with E-state index in [1.807, 2.05) is 0 Å². The van der Waals surface area contributed by atoms with Crippen LogP contribution in [0, 0.1) is 5.82 Å². The number of rotatable bonds is 2. The van der Waals surface area contributed by atoms with Crippen LogP contribution in [0.5, 0.6) is 0 Å². The molecule has 0 aliphatic heterocycles. The van der Waals surface area contributed by atoms with Gasteiger partial charge < -0.3 is 10.2 Å². The summed E-state index contributed by atoms with van der Waals surface area (Å²) in [5.41, 5.74) is -2.19. The Morgan fingerprint density at radius 1 is 1.62 bits per heavy atom. The molecule has 1 unspecified atom stereocenters. The van der Waals surface area contributed by atoms with Gasteiger partial charge in [0.25, 0.3) is 0 Å². The van der Waals surface area contributed by atoms with Crippen molar-refractivity contribution in [3.63, 3.8) is 0 Å². The number of aliphatic carboxylic acids is 1. The average molecular weight is 185 g/mol. The van der Waals surface area contributed by atoms with Crippen molar-refractivity contribution < 1.29 is 19.4 Å². The van der Waals surface area contributed by atoms with Gasteiger partial charge in [-0.2, -0.15) is 0 Å². The predicted molar refractivity (Wildman–Crippen MR) is 41.4 cm³/mol. The summed E-state index contributed by atoms with van der Waals surface area (Å²) in [6.45, 7) is 1.06. The van der Waals surface area contributed by atoms with E-state index >= 15 is 0 Å². The molecule has 4 nitrogen and oxygen atoms in total. The minimum Gasteiger partial charge on any atom is -0.479 e. The van der Waals surface area contributed by atoms with E-state index in [0.29, 0.717) is 0 Å². The zero-order valence-electron chi connectivity index (χ0n) is 6.86. The molecular formula is C8H8FNO3. The van der Waals surface area contributed by atoms with Crippen LogP contribution >= 0.6 is 0 Å². The normalized spacial score (nSPS) is 15.0. The first kappa shape index (κ1) is 9.60. The molecule has 1 atom stereocenters. The third-order valence-corrected chi connectivity index (χ3v) is 1.68. The number of aromatic nitrogens is 1.